The molecule has 3 nitrogen and oxygen atoms in total. The fourth-order valence-corrected chi connectivity index (χ4v) is 10.7. The van der Waals surface area contributed by atoms with Crippen molar-refractivity contribution in [1.29, 1.82) is 0 Å². The quantitative estimate of drug-likeness (QED) is 0.158. The minimum Gasteiger partial charge on any atom is -0.208 e. The molecule has 0 radical (unpaired) electrons. The van der Waals surface area contributed by atoms with Crippen LogP contribution in [0.3, 0.4) is 0 Å². The van der Waals surface area contributed by atoms with Gasteiger partial charge in [0.15, 0.2) is 17.5 Å². The van der Waals surface area contributed by atoms with Gasteiger partial charge in [-0.25, -0.2) is 15.0 Å². The molecule has 0 aliphatic carbocycles. The van der Waals surface area contributed by atoms with Crippen molar-refractivity contribution in [1.82, 2.24) is 15.0 Å². The largest absolute Gasteiger partial charge is 0.208 e. The maximum absolute atomic E-state index is 5.32. The Morgan fingerprint density at radius 3 is 1.07 bits per heavy atom. The molecule has 0 saturated carbocycles. The van der Waals surface area contributed by atoms with Crippen LogP contribution in [0.4, 0.5) is 0 Å². The third kappa shape index (κ3) is 6.48. The second kappa shape index (κ2) is 15.5. The van der Waals surface area contributed by atoms with Crippen molar-refractivity contribution in [3.8, 4) is 67.5 Å². The summed E-state index contributed by atoms with van der Waals surface area (Å²) in [5.74, 6) is 2.02. The van der Waals surface area contributed by atoms with E-state index < -0.39 is 0 Å². The van der Waals surface area contributed by atoms with Crippen LogP contribution in [-0.4, -0.2) is 101 Å². The van der Waals surface area contributed by atoms with Crippen LogP contribution < -0.4 is 60.1 Å². The van der Waals surface area contributed by atoms with Gasteiger partial charge in [-0.3, -0.25) is 0 Å². The summed E-state index contributed by atoms with van der Waals surface area (Å²) in [5, 5.41) is 2.82. The van der Waals surface area contributed by atoms with Crippen LogP contribution in [0.15, 0.2) is 109 Å². The Hall–Kier alpha value is -5.52. The minimum atomic E-state index is 0.660. The van der Waals surface area contributed by atoms with Gasteiger partial charge in [0.25, 0.3) is 0 Å². The zero-order valence-corrected chi connectivity index (χ0v) is 37.5. The number of nitrogens with zero attached hydrogens (tertiary/aromatic N) is 3. The average Bonchev–Trinajstić information content (AvgIpc) is 3.69. The van der Waals surface area contributed by atoms with E-state index >= 15 is 0 Å². The second-order valence-corrected chi connectivity index (χ2v) is 17.7. The van der Waals surface area contributed by atoms with Crippen molar-refractivity contribution < 1.29 is 0 Å². The summed E-state index contributed by atoms with van der Waals surface area (Å²) < 4.78 is 2.82. The summed E-state index contributed by atoms with van der Waals surface area (Å²) in [7, 11) is 25.3. The van der Waals surface area contributed by atoms with E-state index in [1.165, 1.54) is 103 Å². The molecule has 0 aliphatic rings. The molecular formula is C45H40B11N3S. The molecule has 7 aromatic carbocycles. The van der Waals surface area contributed by atoms with Gasteiger partial charge < -0.3 is 0 Å². The number of hydrogen-bond acceptors (Lipinski definition) is 4. The molecule has 0 fully saturated rings. The Balaban J connectivity index is 1.26. The fourth-order valence-electron chi connectivity index (χ4n) is 9.27. The lowest BCUT2D eigenvalue weighted by atomic mass is 9.60. The van der Waals surface area contributed by atoms with Gasteiger partial charge in [-0.2, -0.15) is 0 Å². The first kappa shape index (κ1) is 39.9. The van der Waals surface area contributed by atoms with Crippen LogP contribution in [0.5, 0.6) is 0 Å². The van der Waals surface area contributed by atoms with E-state index in [0.29, 0.717) is 17.5 Å². The van der Waals surface area contributed by atoms with Crippen molar-refractivity contribution in [2.24, 2.45) is 0 Å². The van der Waals surface area contributed by atoms with Crippen molar-refractivity contribution >= 4 is 178 Å². The van der Waals surface area contributed by atoms with Gasteiger partial charge in [0.05, 0.1) is 0 Å². The highest BCUT2D eigenvalue weighted by Gasteiger charge is 2.26. The Kier molecular flexibility index (Phi) is 10.3. The van der Waals surface area contributed by atoms with Gasteiger partial charge in [-0.05, 0) is 38.8 Å². The van der Waals surface area contributed by atoms with Gasteiger partial charge >= 0.3 is 0 Å². The van der Waals surface area contributed by atoms with Gasteiger partial charge in [0.1, 0.15) is 86.3 Å². The molecule has 0 aliphatic heterocycles. The number of hydrogen-bond donors (Lipinski definition) is 0. The zero-order chi connectivity index (χ0) is 42.1. The van der Waals surface area contributed by atoms with Gasteiger partial charge in [0, 0.05) is 31.5 Å². The summed E-state index contributed by atoms with van der Waals surface area (Å²) in [6.07, 6.45) is 0. The number of fused-ring (bicyclic) bond motifs is 3. The molecule has 0 N–H and O–H groups in total. The Labute approximate surface area is 367 Å². The van der Waals surface area contributed by atoms with Crippen molar-refractivity contribution in [3.05, 3.63) is 109 Å². The Morgan fingerprint density at radius 1 is 0.267 bits per heavy atom. The van der Waals surface area contributed by atoms with Gasteiger partial charge in [-0.1, -0.05) is 158 Å². The normalized spacial score (nSPS) is 11.4. The highest BCUT2D eigenvalue weighted by molar-refractivity contribution is 7.28. The summed E-state index contributed by atoms with van der Waals surface area (Å²) in [4.78, 5) is 15.8. The molecule has 2 heterocycles. The summed E-state index contributed by atoms with van der Waals surface area (Å²) >= 11 is 1.97. The predicted octanol–water partition coefficient (Wildman–Crippen LogP) is -6.92. The molecule has 0 unspecified atom stereocenters. The van der Waals surface area contributed by atoms with E-state index in [4.69, 9.17) is 15.0 Å². The van der Waals surface area contributed by atoms with Crippen LogP contribution >= 0.6 is 11.3 Å². The molecule has 9 rings (SSSR count). The molecule has 15 heteroatoms. The Morgan fingerprint density at radius 2 is 0.600 bits per heavy atom. The summed E-state index contributed by atoms with van der Waals surface area (Å²) in [6.45, 7) is 0. The van der Waals surface area contributed by atoms with E-state index in [2.05, 4.69) is 196 Å². The maximum Gasteiger partial charge on any atom is 0.164 e. The highest BCUT2D eigenvalue weighted by Crippen LogP contribution is 2.35. The zero-order valence-electron chi connectivity index (χ0n) is 36.6. The van der Waals surface area contributed by atoms with Gasteiger partial charge in [-0.15, -0.1) is 22.3 Å². The number of benzene rings is 7. The third-order valence-corrected chi connectivity index (χ3v) is 15.1. The standard InChI is InChI=1S/C45H40B11N3S/c46-30-25(26-28-33(49)36(52)38(54)40(56)42(28)60-41(26)39(55)37(30)53)27-31(47)34(50)29(35(51)32(27)48)45-58-43(23-15-11-21(12-16-23)19-7-3-1-4-8-19)57-44(59-45)24-17-13-22(14-18-24)20-9-5-2-6-10-20/h1-18H,46-56H2. The highest BCUT2D eigenvalue weighted by atomic mass is 32.1. The van der Waals surface area contributed by atoms with Crippen LogP contribution in [0.1, 0.15) is 0 Å². The van der Waals surface area contributed by atoms with Crippen molar-refractivity contribution in [2.75, 3.05) is 0 Å². The lowest BCUT2D eigenvalue weighted by molar-refractivity contribution is 1.08. The van der Waals surface area contributed by atoms with Crippen LogP contribution in [0, 0.1) is 0 Å². The Bertz CT molecular complexity index is 3060. The van der Waals surface area contributed by atoms with Crippen molar-refractivity contribution in [2.45, 2.75) is 0 Å². The van der Waals surface area contributed by atoms with E-state index in [9.17, 15) is 0 Å². The lowest BCUT2D eigenvalue weighted by Crippen LogP contribution is -2.48. The molecular weight excluding hydrogens is 734 g/mol. The predicted molar refractivity (Wildman–Crippen MR) is 295 cm³/mol. The fraction of sp³-hybridized carbons (Fsp3) is 0. The molecule has 0 atom stereocenters. The smallest absolute Gasteiger partial charge is 0.164 e. The first-order valence-corrected chi connectivity index (χ1v) is 21.8. The maximum atomic E-state index is 5.32. The third-order valence-electron chi connectivity index (χ3n) is 13.6. The number of rotatable bonds is 6. The first-order chi connectivity index (χ1) is 28.8. The molecule has 9 aromatic rings. The monoisotopic (exact) mass is 775 g/mol. The number of thiophene rings is 1. The van der Waals surface area contributed by atoms with Crippen LogP contribution in [0.25, 0.3) is 87.7 Å². The van der Waals surface area contributed by atoms with E-state index in [1.54, 1.807) is 0 Å². The second-order valence-electron chi connectivity index (χ2n) is 16.7. The lowest BCUT2D eigenvalue weighted by Gasteiger charge is -2.25. The van der Waals surface area contributed by atoms with Crippen LogP contribution in [0.2, 0.25) is 0 Å². The first-order valence-electron chi connectivity index (χ1n) is 21.0. The average molecular weight is 774 g/mol. The number of aromatic nitrogens is 3. The molecule has 60 heavy (non-hydrogen) atoms. The van der Waals surface area contributed by atoms with E-state index in [1.807, 2.05) is 11.3 Å². The molecule has 0 saturated heterocycles. The van der Waals surface area contributed by atoms with E-state index in [-0.39, 0.29) is 0 Å². The minimum absolute atomic E-state index is 0.660. The molecule has 0 amide bonds. The SMILES string of the molecule is Bc1c(B)c(-c2c(B)c(B)c(B)c3sc4c(B)c(B)c(B)c(B)c4c23)c(B)c(B)c1-c1nc(-c2ccc(-c3ccccc3)cc2)nc(-c2ccc(-c3ccccc3)cc2)n1. The van der Waals surface area contributed by atoms with Crippen molar-refractivity contribution in [3.63, 3.8) is 0 Å². The topological polar surface area (TPSA) is 38.7 Å². The molecule has 0 bridgehead atoms. The van der Waals surface area contributed by atoms with Crippen LogP contribution in [-0.2, 0) is 0 Å². The van der Waals surface area contributed by atoms with E-state index in [0.717, 1.165) is 27.8 Å². The summed E-state index contributed by atoms with van der Waals surface area (Å²) in [5.41, 5.74) is 25.0. The molecule has 2 aromatic heterocycles. The summed E-state index contributed by atoms with van der Waals surface area (Å²) in [6, 6.07) is 38.2. The molecule has 0 spiro atoms. The van der Waals surface area contributed by atoms with Gasteiger partial charge in [0.2, 0.25) is 0 Å². The molecule has 274 valence electrons.